The average Bonchev–Trinajstić information content (AvgIpc) is 2.77. The molecule has 0 amide bonds. The normalized spacial score (nSPS) is 15.4. The van der Waals surface area contributed by atoms with Gasteiger partial charge in [0.15, 0.2) is 5.78 Å². The van der Waals surface area contributed by atoms with E-state index in [2.05, 4.69) is 69.2 Å². The molecular formula is C33H50O4. The highest BCUT2D eigenvalue weighted by Gasteiger charge is 2.48. The van der Waals surface area contributed by atoms with E-state index in [1.165, 1.54) is 0 Å². The molecule has 4 nitrogen and oxygen atoms in total. The maximum atomic E-state index is 13.5. The van der Waals surface area contributed by atoms with Crippen molar-refractivity contribution in [1.29, 1.82) is 0 Å². The Labute approximate surface area is 226 Å². The zero-order valence-corrected chi connectivity index (χ0v) is 25.3. The van der Waals surface area contributed by atoms with Gasteiger partial charge in [0.25, 0.3) is 0 Å². The second-order valence-electron chi connectivity index (χ2n) is 13.8. The van der Waals surface area contributed by atoms with Gasteiger partial charge in [-0.1, -0.05) is 87.5 Å². The van der Waals surface area contributed by atoms with Crippen molar-refractivity contribution in [3.05, 3.63) is 53.6 Å². The topological polar surface area (TPSA) is 60.4 Å². The van der Waals surface area contributed by atoms with Crippen LogP contribution in [0.25, 0.3) is 0 Å². The number of hydrogen-bond donors (Lipinski definition) is 0. The second kappa shape index (κ2) is 12.4. The number of benzene rings is 1. The zero-order chi connectivity index (χ0) is 28.8. The van der Waals surface area contributed by atoms with Gasteiger partial charge in [0.1, 0.15) is 12.0 Å². The van der Waals surface area contributed by atoms with Gasteiger partial charge in [-0.05, 0) is 72.6 Å². The molecule has 0 spiro atoms. The molecule has 0 aliphatic rings. The van der Waals surface area contributed by atoms with Crippen LogP contribution in [0.3, 0.4) is 0 Å². The lowest BCUT2D eigenvalue weighted by molar-refractivity contribution is -0.146. The Morgan fingerprint density at radius 1 is 0.865 bits per heavy atom. The van der Waals surface area contributed by atoms with Crippen molar-refractivity contribution in [3.63, 3.8) is 0 Å². The first kappa shape index (κ1) is 32.5. The predicted octanol–water partition coefficient (Wildman–Crippen LogP) is 8.65. The Kier molecular flexibility index (Phi) is 10.9. The first-order valence-corrected chi connectivity index (χ1v) is 13.4. The fourth-order valence-electron chi connectivity index (χ4n) is 4.66. The van der Waals surface area contributed by atoms with Crippen molar-refractivity contribution in [2.75, 3.05) is 0 Å². The van der Waals surface area contributed by atoms with E-state index >= 15 is 0 Å². The molecule has 2 atom stereocenters. The Hall–Kier alpha value is -2.49. The highest BCUT2D eigenvalue weighted by molar-refractivity contribution is 6.10. The molecule has 0 fully saturated rings. The molecule has 1 aromatic carbocycles. The van der Waals surface area contributed by atoms with Gasteiger partial charge in [0.05, 0.1) is 5.92 Å². The smallest absolute Gasteiger partial charge is 0.314 e. The molecular weight excluding hydrogens is 460 g/mol. The van der Waals surface area contributed by atoms with E-state index in [1.807, 2.05) is 19.9 Å². The lowest BCUT2D eigenvalue weighted by atomic mass is 9.55. The van der Waals surface area contributed by atoms with Crippen molar-refractivity contribution >= 4 is 18.0 Å². The summed E-state index contributed by atoms with van der Waals surface area (Å²) in [6.07, 6.45) is 7.86. The summed E-state index contributed by atoms with van der Waals surface area (Å²) in [6.45, 7) is 24.9. The van der Waals surface area contributed by atoms with Crippen LogP contribution in [0.2, 0.25) is 0 Å². The molecule has 1 rings (SSSR count). The number of ketones is 1. The van der Waals surface area contributed by atoms with Gasteiger partial charge < -0.3 is 9.53 Å². The van der Waals surface area contributed by atoms with E-state index in [4.69, 9.17) is 4.74 Å². The van der Waals surface area contributed by atoms with E-state index in [1.54, 1.807) is 36.4 Å². The van der Waals surface area contributed by atoms with Crippen molar-refractivity contribution < 1.29 is 19.1 Å². The Morgan fingerprint density at radius 2 is 1.41 bits per heavy atom. The lowest BCUT2D eigenvalue weighted by Gasteiger charge is -2.49. The van der Waals surface area contributed by atoms with Gasteiger partial charge in [-0.15, -0.1) is 0 Å². The van der Waals surface area contributed by atoms with Gasteiger partial charge in [0.2, 0.25) is 0 Å². The van der Waals surface area contributed by atoms with Crippen LogP contribution in [0.15, 0.2) is 48.1 Å². The Balaban J connectivity index is 3.18. The largest absolute Gasteiger partial charge is 0.426 e. The molecule has 0 N–H and O–H groups in total. The SMILES string of the molecule is C/C=C\C(=C/C)C(=O)c1ccc(OC(=O)C(CC(C)(C)C(C)(C)C(C=O)CC(C)(C)C)C(C)(C)C)cc1. The van der Waals surface area contributed by atoms with Crippen molar-refractivity contribution in [2.24, 2.45) is 33.5 Å². The molecule has 0 saturated carbocycles. The van der Waals surface area contributed by atoms with E-state index in [9.17, 15) is 14.4 Å². The lowest BCUT2D eigenvalue weighted by Crippen LogP contribution is -2.45. The van der Waals surface area contributed by atoms with E-state index in [0.29, 0.717) is 23.3 Å². The number of aldehydes is 1. The van der Waals surface area contributed by atoms with Crippen LogP contribution in [-0.2, 0) is 9.59 Å². The van der Waals surface area contributed by atoms with Crippen LogP contribution in [0.5, 0.6) is 5.75 Å². The second-order valence-corrected chi connectivity index (χ2v) is 13.8. The molecule has 0 aromatic heterocycles. The van der Waals surface area contributed by atoms with Gasteiger partial charge in [0, 0.05) is 17.1 Å². The molecule has 2 unspecified atom stereocenters. The molecule has 37 heavy (non-hydrogen) atoms. The highest BCUT2D eigenvalue weighted by Crippen LogP contribution is 2.52. The van der Waals surface area contributed by atoms with Crippen molar-refractivity contribution in [3.8, 4) is 5.75 Å². The number of rotatable bonds is 11. The summed E-state index contributed by atoms with van der Waals surface area (Å²) < 4.78 is 5.85. The van der Waals surface area contributed by atoms with Crippen LogP contribution in [0.1, 0.15) is 106 Å². The standard InChI is InChI=1S/C33H50O4/c1-13-15-23(14-2)28(35)24-16-18-26(19-17-24)37-29(36)27(31(6,7)8)21-32(9,10)33(11,12)25(22-34)20-30(3,4)5/h13-19,22,25,27H,20-21H2,1-12H3/b15-13-,23-14+. The average molecular weight is 511 g/mol. The minimum atomic E-state index is -0.380. The zero-order valence-electron chi connectivity index (χ0n) is 25.3. The third-order valence-corrected chi connectivity index (χ3v) is 7.97. The molecule has 0 aliphatic carbocycles. The van der Waals surface area contributed by atoms with Crippen LogP contribution < -0.4 is 4.74 Å². The Bertz CT molecular complexity index is 992. The van der Waals surface area contributed by atoms with Crippen LogP contribution in [-0.4, -0.2) is 18.0 Å². The monoisotopic (exact) mass is 510 g/mol. The third-order valence-electron chi connectivity index (χ3n) is 7.97. The first-order chi connectivity index (χ1) is 16.8. The van der Waals surface area contributed by atoms with Crippen molar-refractivity contribution in [1.82, 2.24) is 0 Å². The first-order valence-electron chi connectivity index (χ1n) is 13.4. The molecule has 0 bridgehead atoms. The van der Waals surface area contributed by atoms with Crippen molar-refractivity contribution in [2.45, 2.75) is 95.9 Å². The molecule has 206 valence electrons. The summed E-state index contributed by atoms with van der Waals surface area (Å²) in [5, 5.41) is 0. The number of hydrogen-bond acceptors (Lipinski definition) is 4. The van der Waals surface area contributed by atoms with Gasteiger partial charge >= 0.3 is 5.97 Å². The fraction of sp³-hybridized carbons (Fsp3) is 0.606. The predicted molar refractivity (Wildman–Crippen MR) is 154 cm³/mol. The summed E-state index contributed by atoms with van der Waals surface area (Å²) in [7, 11) is 0. The van der Waals surface area contributed by atoms with E-state index < -0.39 is 0 Å². The fourth-order valence-corrected chi connectivity index (χ4v) is 4.66. The number of Topliss-reactive ketones (excluding diaryl/α,β-unsaturated/α-hetero) is 1. The number of carbonyl (C=O) groups excluding carboxylic acids is 3. The molecule has 1 aromatic rings. The third kappa shape index (κ3) is 8.79. The molecule has 4 heteroatoms. The molecule has 0 heterocycles. The molecule has 0 saturated heterocycles. The van der Waals surface area contributed by atoms with Gasteiger partial charge in [-0.25, -0.2) is 0 Å². The number of allylic oxidation sites excluding steroid dienone is 4. The summed E-state index contributed by atoms with van der Waals surface area (Å²) in [5.74, 6) is -0.463. The number of carbonyl (C=O) groups is 3. The molecule has 0 aliphatic heterocycles. The van der Waals surface area contributed by atoms with Gasteiger partial charge in [-0.2, -0.15) is 0 Å². The van der Waals surface area contributed by atoms with Crippen LogP contribution >= 0.6 is 0 Å². The number of ether oxygens (including phenoxy) is 1. The maximum absolute atomic E-state index is 13.5. The molecule has 0 radical (unpaired) electrons. The maximum Gasteiger partial charge on any atom is 0.314 e. The van der Waals surface area contributed by atoms with Crippen LogP contribution in [0.4, 0.5) is 0 Å². The van der Waals surface area contributed by atoms with Gasteiger partial charge in [-0.3, -0.25) is 9.59 Å². The van der Waals surface area contributed by atoms with E-state index in [0.717, 1.165) is 12.7 Å². The minimum Gasteiger partial charge on any atom is -0.426 e. The van der Waals surface area contributed by atoms with Crippen LogP contribution in [0, 0.1) is 33.5 Å². The summed E-state index contributed by atoms with van der Waals surface area (Å²) in [4.78, 5) is 38.4. The number of esters is 1. The summed E-state index contributed by atoms with van der Waals surface area (Å²) in [5.41, 5.74) is 0.201. The minimum absolute atomic E-state index is 0.0232. The summed E-state index contributed by atoms with van der Waals surface area (Å²) >= 11 is 0. The van der Waals surface area contributed by atoms with E-state index in [-0.39, 0.29) is 45.2 Å². The Morgan fingerprint density at radius 3 is 1.81 bits per heavy atom. The summed E-state index contributed by atoms with van der Waals surface area (Å²) in [6, 6.07) is 6.74. The highest BCUT2D eigenvalue weighted by atomic mass is 16.5. The quantitative estimate of drug-likeness (QED) is 0.0746.